The van der Waals surface area contributed by atoms with Gasteiger partial charge in [-0.15, -0.1) is 0 Å². The summed E-state index contributed by atoms with van der Waals surface area (Å²) < 4.78 is 22.7. The van der Waals surface area contributed by atoms with Gasteiger partial charge >= 0.3 is 24.0 Å². The molecule has 0 atom stereocenters. The number of rotatable bonds is 27. The summed E-state index contributed by atoms with van der Waals surface area (Å²) in [7, 11) is 0. The van der Waals surface area contributed by atoms with Crippen LogP contribution in [-0.4, -0.2) is 115 Å². The summed E-state index contributed by atoms with van der Waals surface area (Å²) in [6, 6.07) is 0.443. The number of ether oxygens (including phenoxy) is 4. The van der Waals surface area contributed by atoms with Gasteiger partial charge in [-0.05, 0) is 120 Å². The summed E-state index contributed by atoms with van der Waals surface area (Å²) in [5.41, 5.74) is -0.358. The van der Waals surface area contributed by atoms with E-state index in [0.29, 0.717) is 38.3 Å². The molecule has 2 fully saturated rings. The van der Waals surface area contributed by atoms with Crippen LogP contribution >= 0.6 is 0 Å². The van der Waals surface area contributed by atoms with Crippen molar-refractivity contribution in [2.45, 2.75) is 206 Å². The molecule has 0 bridgehead atoms. The number of nitrogens with one attached hydrogen (secondary N) is 4. The lowest BCUT2D eigenvalue weighted by molar-refractivity contribution is -0.136. The second-order valence-electron chi connectivity index (χ2n) is 19.9. The summed E-state index contributed by atoms with van der Waals surface area (Å²) in [5.74, 6) is -0.285. The van der Waals surface area contributed by atoms with Crippen molar-refractivity contribution in [3.8, 4) is 12.0 Å². The fraction of sp³-hybridized carbons (Fsp3) is 0.783. The normalized spacial score (nSPS) is 18.2. The van der Waals surface area contributed by atoms with E-state index in [9.17, 15) is 9.59 Å². The molecule has 18 nitrogen and oxygen atoms in total. The van der Waals surface area contributed by atoms with Gasteiger partial charge in [-0.1, -0.05) is 52.4 Å². The molecule has 2 aromatic heterocycles. The monoisotopic (exact) mass is 895 g/mol. The number of anilines is 2. The number of esters is 2. The van der Waals surface area contributed by atoms with E-state index < -0.39 is 11.9 Å². The number of nitrogens with zero attached hydrogens (tertiary/aromatic N) is 8. The van der Waals surface area contributed by atoms with Gasteiger partial charge in [0, 0.05) is 34.2 Å². The molecule has 2 aliphatic rings. The molecule has 2 aromatic rings. The third-order valence-electron chi connectivity index (χ3n) is 10.8. The van der Waals surface area contributed by atoms with Gasteiger partial charge in [0.15, 0.2) is 0 Å². The molecule has 0 unspecified atom stereocenters. The Morgan fingerprint density at radius 2 is 0.875 bits per heavy atom. The fourth-order valence-electron chi connectivity index (χ4n) is 8.86. The lowest BCUT2D eigenvalue weighted by Crippen LogP contribution is -2.60. The lowest BCUT2D eigenvalue weighted by Gasteiger charge is -2.46. The molecule has 4 heterocycles. The van der Waals surface area contributed by atoms with Gasteiger partial charge in [-0.2, -0.15) is 29.9 Å². The fourth-order valence-corrected chi connectivity index (χ4v) is 8.86. The molecule has 0 saturated carbocycles. The van der Waals surface area contributed by atoms with Gasteiger partial charge < -0.3 is 40.2 Å². The van der Waals surface area contributed by atoms with Crippen LogP contribution in [0.5, 0.6) is 12.0 Å². The van der Waals surface area contributed by atoms with Gasteiger partial charge in [-0.25, -0.2) is 19.6 Å². The SMILES string of the molecule is CCCCCCOC(=O)C=Nc1nc(NC2CC(C)(C)NC(C)(C)C2)nc(OCCCCCCOc2nc(N=CC(=O)OCCCCCC)nc(NC3CC(C)(C)NC(C)(C)C3)n2)n1. The van der Waals surface area contributed by atoms with E-state index in [1.807, 2.05) is 0 Å². The molecule has 2 aliphatic heterocycles. The first-order valence-electron chi connectivity index (χ1n) is 23.6. The molecule has 0 aliphatic carbocycles. The number of unbranched alkanes of at least 4 members (excludes halogenated alkanes) is 9. The minimum absolute atomic E-state index is 0.0618. The van der Waals surface area contributed by atoms with Crippen LogP contribution in [0.2, 0.25) is 0 Å². The van der Waals surface area contributed by atoms with Crippen LogP contribution in [0.1, 0.15) is 172 Å². The number of carbonyl (C=O) groups is 2. The molecule has 2 saturated heterocycles. The van der Waals surface area contributed by atoms with E-state index in [2.05, 4.69) is 130 Å². The lowest BCUT2D eigenvalue weighted by atomic mass is 9.79. The second kappa shape index (κ2) is 25.2. The minimum Gasteiger partial charge on any atom is -0.463 e. The molecule has 18 heteroatoms. The topological polar surface area (TPSA) is 221 Å². The zero-order valence-corrected chi connectivity index (χ0v) is 40.5. The van der Waals surface area contributed by atoms with Crippen LogP contribution < -0.4 is 30.7 Å². The summed E-state index contributed by atoms with van der Waals surface area (Å²) in [4.78, 5) is 60.1. The largest absolute Gasteiger partial charge is 0.463 e. The number of aliphatic imine (C=N–C) groups is 2. The highest BCUT2D eigenvalue weighted by atomic mass is 16.5. The van der Waals surface area contributed by atoms with Gasteiger partial charge in [0.05, 0.1) is 26.4 Å². The van der Waals surface area contributed by atoms with E-state index in [1.165, 1.54) is 0 Å². The van der Waals surface area contributed by atoms with Crippen LogP contribution in [-0.2, 0) is 19.1 Å². The summed E-state index contributed by atoms with van der Waals surface area (Å²) in [5, 5.41) is 14.3. The molecule has 0 amide bonds. The third-order valence-corrected chi connectivity index (χ3v) is 10.8. The van der Waals surface area contributed by atoms with E-state index in [1.54, 1.807) is 0 Å². The number of aromatic nitrogens is 6. The summed E-state index contributed by atoms with van der Waals surface area (Å²) in [6.07, 6.45) is 16.9. The van der Waals surface area contributed by atoms with E-state index >= 15 is 0 Å². The van der Waals surface area contributed by atoms with Crippen molar-refractivity contribution in [1.82, 2.24) is 40.5 Å². The minimum atomic E-state index is -0.544. The average molecular weight is 895 g/mol. The smallest absolute Gasteiger partial charge is 0.349 e. The molecule has 4 N–H and O–H groups in total. The van der Waals surface area contributed by atoms with Crippen LogP contribution in [0.4, 0.5) is 23.8 Å². The van der Waals surface area contributed by atoms with Gasteiger partial charge in [0.25, 0.3) is 11.9 Å². The third kappa shape index (κ3) is 20.5. The van der Waals surface area contributed by atoms with Crippen LogP contribution in [0.3, 0.4) is 0 Å². The Balaban J connectivity index is 1.32. The Morgan fingerprint density at radius 1 is 0.531 bits per heavy atom. The number of hydrogen-bond donors (Lipinski definition) is 4. The first-order chi connectivity index (χ1) is 30.3. The van der Waals surface area contributed by atoms with Crippen LogP contribution in [0, 0.1) is 0 Å². The number of carbonyl (C=O) groups excluding carboxylic acids is 2. The van der Waals surface area contributed by atoms with Crippen molar-refractivity contribution in [1.29, 1.82) is 0 Å². The predicted molar refractivity (Wildman–Crippen MR) is 251 cm³/mol. The van der Waals surface area contributed by atoms with Crippen LogP contribution in [0.25, 0.3) is 0 Å². The standard InChI is InChI=1S/C46H78N12O6/c1-11-13-15-19-23-61-35(59)31-47-37-51-39(49-33-27-43(3,4)57-44(5,6)28-33)55-41(53-37)63-25-21-17-18-22-26-64-42-54-38(48-32-36(60)62-24-20-16-14-12-2)52-40(56-42)50-34-29-45(7,8)58-46(9,10)30-34/h31-34,57-58H,11-30H2,1-10H3,(H,49,51,53,55)(H,50,52,54,56). The molecule has 0 aromatic carbocycles. The number of hydrogen-bond acceptors (Lipinski definition) is 18. The average Bonchev–Trinajstić information content (AvgIpc) is 3.17. The zero-order valence-electron chi connectivity index (χ0n) is 40.5. The second-order valence-corrected chi connectivity index (χ2v) is 19.9. The van der Waals surface area contributed by atoms with Crippen molar-refractivity contribution in [3.63, 3.8) is 0 Å². The predicted octanol–water partition coefficient (Wildman–Crippen LogP) is 8.17. The quantitative estimate of drug-likeness (QED) is 0.0377. The molecular weight excluding hydrogens is 817 g/mol. The van der Waals surface area contributed by atoms with Gasteiger partial charge in [-0.3, -0.25) is 0 Å². The van der Waals surface area contributed by atoms with Crippen molar-refractivity contribution < 1.29 is 28.5 Å². The Labute approximate surface area is 381 Å². The first kappa shape index (κ1) is 52.0. The maximum Gasteiger partial charge on any atom is 0.349 e. The molecule has 0 spiro atoms. The highest BCUT2D eigenvalue weighted by Gasteiger charge is 2.39. The molecule has 0 radical (unpaired) electrons. The zero-order chi connectivity index (χ0) is 46.6. The van der Waals surface area contributed by atoms with Gasteiger partial charge in [0.2, 0.25) is 11.9 Å². The Hall–Kier alpha value is -4.58. The van der Waals surface area contributed by atoms with Gasteiger partial charge in [0.1, 0.15) is 12.4 Å². The molecule has 4 rings (SSSR count). The van der Waals surface area contributed by atoms with E-state index in [4.69, 9.17) is 18.9 Å². The van der Waals surface area contributed by atoms with E-state index in [-0.39, 0.29) is 58.2 Å². The number of piperidine rings is 2. The Bertz CT molecular complexity index is 1660. The highest BCUT2D eigenvalue weighted by Crippen LogP contribution is 2.32. The summed E-state index contributed by atoms with van der Waals surface area (Å²) >= 11 is 0. The van der Waals surface area contributed by atoms with Crippen molar-refractivity contribution >= 4 is 48.2 Å². The molecular formula is C46H78N12O6. The Morgan fingerprint density at radius 3 is 1.23 bits per heavy atom. The summed E-state index contributed by atoms with van der Waals surface area (Å²) in [6.45, 7) is 23.2. The van der Waals surface area contributed by atoms with E-state index in [0.717, 1.165) is 115 Å². The Kier molecular flexibility index (Phi) is 20.5. The van der Waals surface area contributed by atoms with Crippen LogP contribution in [0.15, 0.2) is 9.98 Å². The molecule has 64 heavy (non-hydrogen) atoms. The maximum absolute atomic E-state index is 12.4. The van der Waals surface area contributed by atoms with Crippen molar-refractivity contribution in [2.75, 3.05) is 37.1 Å². The highest BCUT2D eigenvalue weighted by molar-refractivity contribution is 6.24. The van der Waals surface area contributed by atoms with Crippen molar-refractivity contribution in [2.24, 2.45) is 9.98 Å². The molecule has 358 valence electrons. The van der Waals surface area contributed by atoms with Crippen molar-refractivity contribution in [3.05, 3.63) is 0 Å². The first-order valence-corrected chi connectivity index (χ1v) is 23.6. The maximum atomic E-state index is 12.4.